The minimum Gasteiger partial charge on any atom is -0.790 e. The van der Waals surface area contributed by atoms with Crippen LogP contribution in [0, 0.1) is 0 Å². The molecule has 282 valence electrons. The lowest BCUT2D eigenvalue weighted by atomic mass is 10.1. The molecule has 0 bridgehead atoms. The van der Waals surface area contributed by atoms with Crippen molar-refractivity contribution in [1.82, 2.24) is 0 Å². The highest BCUT2D eigenvalue weighted by Crippen LogP contribution is 2.25. The van der Waals surface area contributed by atoms with Crippen LogP contribution in [0.1, 0.15) is 194 Å². The Kier molecular flexibility index (Phi) is 34.3. The lowest BCUT2D eigenvalue weighted by molar-refractivity contribution is -0.343. The second kappa shape index (κ2) is 35.4. The van der Waals surface area contributed by atoms with Crippen molar-refractivity contribution >= 4 is 19.8 Å². The molecule has 0 aliphatic rings. The first-order chi connectivity index (χ1) is 23.3. The van der Waals surface area contributed by atoms with Crippen LogP contribution in [0.15, 0.2) is 24.3 Å². The summed E-state index contributed by atoms with van der Waals surface area (Å²) < 4.78 is 25.8. The van der Waals surface area contributed by atoms with E-state index in [1.54, 1.807) is 0 Å². The standard InChI is InChI=1S/C39H73O8P/c1-3-5-7-9-11-13-15-17-19-21-23-25-27-29-31-33-38(40)45-35-37(36-46-48(42,43)44)47-39(41)34-32-30-28-26-24-22-20-18-16-14-12-10-8-6-4-2/h17-20,37H,3-16,21-36H2,1-2H3,(H2,42,43,44)/p-2/b19-17-,20-18-/t37-/m1/s1. The van der Waals surface area contributed by atoms with Gasteiger partial charge in [-0.25, -0.2) is 0 Å². The highest BCUT2D eigenvalue weighted by Gasteiger charge is 2.18. The van der Waals surface area contributed by atoms with Crippen molar-refractivity contribution < 1.29 is 37.9 Å². The van der Waals surface area contributed by atoms with E-state index in [1.807, 2.05) is 0 Å². The van der Waals surface area contributed by atoms with E-state index in [1.165, 1.54) is 89.9 Å². The average molecular weight is 699 g/mol. The molecule has 0 spiro atoms. The summed E-state index contributed by atoms with van der Waals surface area (Å²) in [5.74, 6) is -0.973. The van der Waals surface area contributed by atoms with Gasteiger partial charge >= 0.3 is 11.9 Å². The van der Waals surface area contributed by atoms with E-state index in [2.05, 4.69) is 42.7 Å². The predicted molar refractivity (Wildman–Crippen MR) is 193 cm³/mol. The van der Waals surface area contributed by atoms with Crippen molar-refractivity contribution in [1.29, 1.82) is 0 Å². The Hall–Kier alpha value is -1.47. The molecule has 0 saturated carbocycles. The smallest absolute Gasteiger partial charge is 0.306 e. The zero-order valence-electron chi connectivity index (χ0n) is 30.8. The molecule has 0 aromatic carbocycles. The van der Waals surface area contributed by atoms with Crippen LogP contribution in [0.5, 0.6) is 0 Å². The van der Waals surface area contributed by atoms with Crippen LogP contribution in [0.2, 0.25) is 0 Å². The summed E-state index contributed by atoms with van der Waals surface area (Å²) >= 11 is 0. The summed E-state index contributed by atoms with van der Waals surface area (Å²) in [5.41, 5.74) is 0. The molecule has 48 heavy (non-hydrogen) atoms. The third-order valence-corrected chi connectivity index (χ3v) is 8.90. The summed E-state index contributed by atoms with van der Waals surface area (Å²) in [4.78, 5) is 46.4. The van der Waals surface area contributed by atoms with E-state index in [9.17, 15) is 23.9 Å². The second-order valence-electron chi connectivity index (χ2n) is 13.2. The second-order valence-corrected chi connectivity index (χ2v) is 14.4. The number of phosphoric acid groups is 1. The largest absolute Gasteiger partial charge is 0.790 e. The van der Waals surface area contributed by atoms with Crippen molar-refractivity contribution in [3.8, 4) is 0 Å². The van der Waals surface area contributed by atoms with E-state index in [0.29, 0.717) is 12.8 Å². The number of phosphoric ester groups is 1. The van der Waals surface area contributed by atoms with Crippen LogP contribution < -0.4 is 9.79 Å². The maximum Gasteiger partial charge on any atom is 0.306 e. The number of carbonyl (C=O) groups is 2. The Morgan fingerprint density at radius 3 is 1.27 bits per heavy atom. The molecule has 0 aliphatic carbocycles. The molecule has 0 N–H and O–H groups in total. The summed E-state index contributed by atoms with van der Waals surface area (Å²) in [6.45, 7) is 3.47. The van der Waals surface area contributed by atoms with Crippen molar-refractivity contribution in [2.24, 2.45) is 0 Å². The third-order valence-electron chi connectivity index (χ3n) is 8.43. The van der Waals surface area contributed by atoms with Gasteiger partial charge in [-0.3, -0.25) is 9.59 Å². The summed E-state index contributed by atoms with van der Waals surface area (Å²) in [5, 5.41) is 0. The highest BCUT2D eigenvalue weighted by atomic mass is 31.2. The van der Waals surface area contributed by atoms with Crippen LogP contribution in [0.25, 0.3) is 0 Å². The van der Waals surface area contributed by atoms with Crippen molar-refractivity contribution in [2.75, 3.05) is 13.2 Å². The number of carbonyl (C=O) groups excluding carboxylic acids is 2. The first-order valence-electron chi connectivity index (χ1n) is 19.6. The monoisotopic (exact) mass is 698 g/mol. The zero-order chi connectivity index (χ0) is 35.4. The van der Waals surface area contributed by atoms with Gasteiger partial charge in [0.15, 0.2) is 6.10 Å². The summed E-state index contributed by atoms with van der Waals surface area (Å²) in [6, 6.07) is 0. The quantitative estimate of drug-likeness (QED) is 0.0274. The van der Waals surface area contributed by atoms with Gasteiger partial charge in [0.25, 0.3) is 0 Å². The molecule has 0 aromatic rings. The van der Waals surface area contributed by atoms with Gasteiger partial charge in [-0.15, -0.1) is 0 Å². The van der Waals surface area contributed by atoms with Gasteiger partial charge in [0.1, 0.15) is 6.61 Å². The Bertz CT molecular complexity index is 838. The van der Waals surface area contributed by atoms with Crippen LogP contribution in [0.4, 0.5) is 0 Å². The van der Waals surface area contributed by atoms with Crippen LogP contribution >= 0.6 is 7.82 Å². The Morgan fingerprint density at radius 2 is 0.875 bits per heavy atom. The fourth-order valence-corrected chi connectivity index (χ4v) is 5.82. The average Bonchev–Trinajstić information content (AvgIpc) is 3.05. The number of unbranched alkanes of at least 4 members (excludes halogenated alkanes) is 22. The highest BCUT2D eigenvalue weighted by molar-refractivity contribution is 7.43. The lowest BCUT2D eigenvalue weighted by Gasteiger charge is -2.30. The lowest BCUT2D eigenvalue weighted by Crippen LogP contribution is -2.31. The van der Waals surface area contributed by atoms with Gasteiger partial charge in [-0.05, 0) is 64.2 Å². The van der Waals surface area contributed by atoms with Gasteiger partial charge < -0.3 is 28.3 Å². The van der Waals surface area contributed by atoms with Crippen molar-refractivity contribution in [2.45, 2.75) is 200 Å². The van der Waals surface area contributed by atoms with Gasteiger partial charge in [0, 0.05) is 12.8 Å². The molecule has 9 heteroatoms. The van der Waals surface area contributed by atoms with Crippen molar-refractivity contribution in [3.63, 3.8) is 0 Å². The normalized spacial score (nSPS) is 12.7. The van der Waals surface area contributed by atoms with E-state index >= 15 is 0 Å². The molecule has 0 unspecified atom stereocenters. The third kappa shape index (κ3) is 37.4. The Morgan fingerprint density at radius 1 is 0.521 bits per heavy atom. The number of esters is 2. The fraction of sp³-hybridized carbons (Fsp3) is 0.846. The number of rotatable bonds is 36. The van der Waals surface area contributed by atoms with E-state index in [0.717, 1.165) is 64.2 Å². The summed E-state index contributed by atoms with van der Waals surface area (Å²) in [7, 11) is -5.25. The molecule has 0 aliphatic heterocycles. The molecule has 0 saturated heterocycles. The molecule has 0 aromatic heterocycles. The first-order valence-corrected chi connectivity index (χ1v) is 21.1. The zero-order valence-corrected chi connectivity index (χ0v) is 31.7. The number of allylic oxidation sites excluding steroid dienone is 4. The molecule has 1 atom stereocenters. The van der Waals surface area contributed by atoms with E-state index < -0.39 is 32.5 Å². The van der Waals surface area contributed by atoms with Gasteiger partial charge in [-0.2, -0.15) is 0 Å². The minimum absolute atomic E-state index is 0.171. The van der Waals surface area contributed by atoms with Gasteiger partial charge in [0.2, 0.25) is 0 Å². The molecule has 0 fully saturated rings. The molecule has 8 nitrogen and oxygen atoms in total. The molecule has 0 radical (unpaired) electrons. The van der Waals surface area contributed by atoms with Gasteiger partial charge in [-0.1, -0.05) is 141 Å². The van der Waals surface area contributed by atoms with Crippen LogP contribution in [-0.4, -0.2) is 31.3 Å². The molecule has 0 amide bonds. The molecular formula is C39H71O8P-2. The van der Waals surface area contributed by atoms with E-state index in [-0.39, 0.29) is 19.4 Å². The minimum atomic E-state index is -5.25. The molecule has 0 heterocycles. The molecule has 0 rings (SSSR count). The maximum absolute atomic E-state index is 12.3. The Balaban J connectivity index is 3.97. The van der Waals surface area contributed by atoms with Crippen molar-refractivity contribution in [3.05, 3.63) is 24.3 Å². The fourth-order valence-electron chi connectivity index (χ4n) is 5.47. The topological polar surface area (TPSA) is 125 Å². The summed E-state index contributed by atoms with van der Waals surface area (Å²) in [6.07, 6.45) is 38.5. The first kappa shape index (κ1) is 46.5. The Labute approximate surface area is 294 Å². The predicted octanol–water partition coefficient (Wildman–Crippen LogP) is 10.4. The maximum atomic E-state index is 12.3. The number of ether oxygens (including phenoxy) is 2. The van der Waals surface area contributed by atoms with Crippen LogP contribution in [-0.2, 0) is 28.2 Å². The van der Waals surface area contributed by atoms with Gasteiger partial charge in [0.05, 0.1) is 14.4 Å². The SMILES string of the molecule is CCCCCCCC/C=C\CCCCCCCC(=O)OC[C@H](COP(=O)([O-])[O-])OC(=O)CCCCCCC/C=C\CCCCCCCC. The van der Waals surface area contributed by atoms with Crippen LogP contribution in [0.3, 0.4) is 0 Å². The number of hydrogen-bond acceptors (Lipinski definition) is 8. The van der Waals surface area contributed by atoms with E-state index in [4.69, 9.17) is 9.47 Å². The molecular weight excluding hydrogens is 627 g/mol. The number of hydrogen-bond donors (Lipinski definition) is 0.